The van der Waals surface area contributed by atoms with Crippen LogP contribution in [0.2, 0.25) is 5.02 Å². The number of rotatable bonds is 11. The van der Waals surface area contributed by atoms with Crippen molar-refractivity contribution in [3.63, 3.8) is 0 Å². The van der Waals surface area contributed by atoms with Gasteiger partial charge in [-0.3, -0.25) is 9.36 Å². The molecule has 1 aliphatic heterocycles. The van der Waals surface area contributed by atoms with Gasteiger partial charge >= 0.3 is 11.9 Å². The van der Waals surface area contributed by atoms with E-state index < -0.39 is 18.0 Å². The van der Waals surface area contributed by atoms with Crippen molar-refractivity contribution < 1.29 is 33.3 Å². The number of thiazole rings is 1. The third kappa shape index (κ3) is 6.45. The van der Waals surface area contributed by atoms with Crippen LogP contribution in [0.1, 0.15) is 61.3 Å². The zero-order valence-corrected chi connectivity index (χ0v) is 26.7. The minimum Gasteiger partial charge on any atom is -0.493 e. The number of aromatic carboxylic acids is 1. The van der Waals surface area contributed by atoms with Crippen LogP contribution in [-0.4, -0.2) is 41.9 Å². The number of allylic oxidation sites excluding steroid dienone is 1. The van der Waals surface area contributed by atoms with Crippen LogP contribution < -0.4 is 24.4 Å². The predicted molar refractivity (Wildman–Crippen MR) is 170 cm³/mol. The second-order valence-electron chi connectivity index (χ2n) is 10.1. The highest BCUT2D eigenvalue weighted by Crippen LogP contribution is 2.36. The second-order valence-corrected chi connectivity index (χ2v) is 11.5. The third-order valence-corrected chi connectivity index (χ3v) is 8.47. The minimum atomic E-state index is -1.15. The summed E-state index contributed by atoms with van der Waals surface area (Å²) in [6, 6.07) is 12.4. The summed E-state index contributed by atoms with van der Waals surface area (Å²) in [5, 5.41) is 9.54. The highest BCUT2D eigenvalue weighted by atomic mass is 35.5. The first-order valence-electron chi connectivity index (χ1n) is 14.3. The number of methoxy groups -OCH3 is 1. The molecule has 2 aromatic carbocycles. The number of esters is 1. The molecule has 5 rings (SSSR count). The van der Waals surface area contributed by atoms with Crippen LogP contribution in [0, 0.1) is 0 Å². The Balaban J connectivity index is 1.60. The molecule has 0 saturated carbocycles. The molecular weight excluding hydrogens is 620 g/mol. The van der Waals surface area contributed by atoms with Gasteiger partial charge in [0, 0.05) is 11.6 Å². The van der Waals surface area contributed by atoms with E-state index in [1.807, 2.05) is 0 Å². The Morgan fingerprint density at radius 1 is 1.13 bits per heavy atom. The Morgan fingerprint density at radius 2 is 1.93 bits per heavy atom. The van der Waals surface area contributed by atoms with E-state index in [4.69, 9.17) is 30.2 Å². The molecule has 0 aliphatic carbocycles. The number of hydrogen-bond acceptors (Lipinski definition) is 9. The molecule has 0 amide bonds. The molecule has 12 heteroatoms. The van der Waals surface area contributed by atoms with E-state index in [-0.39, 0.29) is 28.3 Å². The number of carbonyl (C=O) groups is 2. The maximum atomic E-state index is 14.0. The number of hydrogen-bond donors (Lipinski definition) is 1. The van der Waals surface area contributed by atoms with Gasteiger partial charge in [-0.25, -0.2) is 14.6 Å². The molecular formula is C33H31ClN2O8S. The number of furan rings is 1. The largest absolute Gasteiger partial charge is 0.493 e. The maximum absolute atomic E-state index is 14.0. The lowest BCUT2D eigenvalue weighted by molar-refractivity contribution is -0.139. The molecule has 2 aromatic heterocycles. The normalized spacial score (nSPS) is 14.6. The van der Waals surface area contributed by atoms with Crippen LogP contribution in [0.3, 0.4) is 0 Å². The summed E-state index contributed by atoms with van der Waals surface area (Å²) in [5.74, 6) is 0.0815. The fraction of sp³-hybridized carbons (Fsp3) is 0.273. The van der Waals surface area contributed by atoms with Gasteiger partial charge in [-0.15, -0.1) is 0 Å². The molecule has 1 atom stereocenters. The van der Waals surface area contributed by atoms with Crippen molar-refractivity contribution in [2.75, 3.05) is 20.3 Å². The van der Waals surface area contributed by atoms with E-state index in [2.05, 4.69) is 11.9 Å². The zero-order valence-electron chi connectivity index (χ0n) is 25.1. The van der Waals surface area contributed by atoms with Gasteiger partial charge in [0.25, 0.3) is 5.56 Å². The molecule has 0 saturated heterocycles. The Kier molecular flexibility index (Phi) is 9.60. The van der Waals surface area contributed by atoms with Gasteiger partial charge in [0.1, 0.15) is 11.5 Å². The number of ether oxygens (including phenoxy) is 3. The summed E-state index contributed by atoms with van der Waals surface area (Å²) in [6.45, 7) is 6.19. The highest BCUT2D eigenvalue weighted by Gasteiger charge is 2.34. The van der Waals surface area contributed by atoms with Crippen molar-refractivity contribution in [2.45, 2.75) is 39.7 Å². The van der Waals surface area contributed by atoms with E-state index >= 15 is 0 Å². The molecule has 0 radical (unpaired) electrons. The number of aromatic nitrogens is 1. The lowest BCUT2D eigenvalue weighted by Crippen LogP contribution is -2.39. The first-order valence-corrected chi connectivity index (χ1v) is 15.5. The fourth-order valence-corrected chi connectivity index (χ4v) is 6.19. The lowest BCUT2D eigenvalue weighted by Gasteiger charge is -2.25. The van der Waals surface area contributed by atoms with Crippen LogP contribution in [0.5, 0.6) is 11.5 Å². The van der Waals surface area contributed by atoms with E-state index in [1.54, 1.807) is 56.3 Å². The van der Waals surface area contributed by atoms with Gasteiger partial charge in [0.05, 0.1) is 52.8 Å². The van der Waals surface area contributed by atoms with Gasteiger partial charge in [-0.05, 0) is 68.3 Å². The van der Waals surface area contributed by atoms with Crippen molar-refractivity contribution in [1.29, 1.82) is 0 Å². The number of carboxylic acids is 1. The quantitative estimate of drug-likeness (QED) is 0.164. The smallest absolute Gasteiger partial charge is 0.338 e. The van der Waals surface area contributed by atoms with Gasteiger partial charge in [0.2, 0.25) is 0 Å². The second kappa shape index (κ2) is 13.6. The minimum absolute atomic E-state index is 0.0506. The molecule has 4 aromatic rings. The van der Waals surface area contributed by atoms with Crippen LogP contribution in [0.15, 0.2) is 74.0 Å². The van der Waals surface area contributed by atoms with Crippen LogP contribution in [0.4, 0.5) is 0 Å². The van der Waals surface area contributed by atoms with Crippen molar-refractivity contribution >= 4 is 41.0 Å². The first kappa shape index (κ1) is 31.8. The molecule has 0 unspecified atom stereocenters. The Labute approximate surface area is 267 Å². The first-order chi connectivity index (χ1) is 21.7. The number of unbranched alkanes of at least 4 members (excludes halogenated alkanes) is 1. The Morgan fingerprint density at radius 3 is 2.64 bits per heavy atom. The average molecular weight is 651 g/mol. The summed E-state index contributed by atoms with van der Waals surface area (Å²) < 4.78 is 24.7. The zero-order chi connectivity index (χ0) is 32.2. The monoisotopic (exact) mass is 650 g/mol. The van der Waals surface area contributed by atoms with Crippen LogP contribution in [-0.2, 0) is 9.53 Å². The lowest BCUT2D eigenvalue weighted by atomic mass is 9.95. The standard InChI is InChI=1S/C33H31ClN2O8S/c1-5-7-14-43-25-12-9-20(16-26(25)41-4)29-28(32(40)42-6-2)18(3)35-33-36(29)30(37)27(45-33)17-21-10-13-24(44-21)19-8-11-23(34)22(15-19)31(38)39/h8-13,15-17,29H,5-7,14H2,1-4H3,(H,38,39)/b27-17+/t29-/m1/s1. The number of benzene rings is 2. The van der Waals surface area contributed by atoms with Gasteiger partial charge < -0.3 is 23.7 Å². The van der Waals surface area contributed by atoms with Gasteiger partial charge in [0.15, 0.2) is 16.3 Å². The fourth-order valence-electron chi connectivity index (χ4n) is 4.96. The Bertz CT molecular complexity index is 1990. The molecule has 1 aliphatic rings. The van der Waals surface area contributed by atoms with Crippen LogP contribution >= 0.6 is 22.9 Å². The molecule has 0 bridgehead atoms. The number of nitrogens with zero attached hydrogens (tertiary/aromatic N) is 2. The predicted octanol–water partition coefficient (Wildman–Crippen LogP) is 5.60. The van der Waals surface area contributed by atoms with Crippen molar-refractivity contribution in [1.82, 2.24) is 4.57 Å². The molecule has 3 heterocycles. The number of carbonyl (C=O) groups excluding carboxylic acids is 1. The van der Waals surface area contributed by atoms with E-state index in [0.29, 0.717) is 55.8 Å². The molecule has 10 nitrogen and oxygen atoms in total. The summed E-state index contributed by atoms with van der Waals surface area (Å²) in [7, 11) is 1.54. The topological polar surface area (TPSA) is 130 Å². The molecule has 234 valence electrons. The summed E-state index contributed by atoms with van der Waals surface area (Å²) >= 11 is 7.17. The third-order valence-electron chi connectivity index (χ3n) is 7.16. The van der Waals surface area contributed by atoms with Crippen LogP contribution in [0.25, 0.3) is 17.4 Å². The van der Waals surface area contributed by atoms with Gasteiger partial charge in [-0.2, -0.15) is 0 Å². The van der Waals surface area contributed by atoms with E-state index in [1.165, 1.54) is 23.8 Å². The van der Waals surface area contributed by atoms with Crippen molar-refractivity contribution in [2.24, 2.45) is 4.99 Å². The van der Waals surface area contributed by atoms with Crippen molar-refractivity contribution in [3.05, 3.63) is 101 Å². The molecule has 45 heavy (non-hydrogen) atoms. The molecule has 0 spiro atoms. The number of carboxylic acid groups (broad SMARTS) is 1. The number of halogens is 1. The van der Waals surface area contributed by atoms with Gasteiger partial charge in [-0.1, -0.05) is 42.3 Å². The molecule has 1 N–H and O–H groups in total. The highest BCUT2D eigenvalue weighted by molar-refractivity contribution is 7.07. The number of fused-ring (bicyclic) bond motifs is 1. The van der Waals surface area contributed by atoms with E-state index in [9.17, 15) is 19.5 Å². The maximum Gasteiger partial charge on any atom is 0.338 e. The summed E-state index contributed by atoms with van der Waals surface area (Å²) in [6.07, 6.45) is 3.46. The summed E-state index contributed by atoms with van der Waals surface area (Å²) in [5.41, 5.74) is 1.39. The summed E-state index contributed by atoms with van der Waals surface area (Å²) in [4.78, 5) is 43.8. The SMILES string of the molecule is CCCCOc1ccc([C@@H]2C(C(=O)OCC)=C(C)N=c3s/c(=C/c4ccc(-c5ccc(Cl)c(C(=O)O)c5)o4)c(=O)n32)cc1OC. The Hall–Kier alpha value is -4.61. The van der Waals surface area contributed by atoms with Crippen molar-refractivity contribution in [3.8, 4) is 22.8 Å². The average Bonchev–Trinajstić information content (AvgIpc) is 3.60. The van der Waals surface area contributed by atoms with E-state index in [0.717, 1.165) is 24.2 Å². The molecule has 0 fully saturated rings.